The second-order valence-electron chi connectivity index (χ2n) is 3.62. The van der Waals surface area contributed by atoms with Gasteiger partial charge in [-0.3, -0.25) is 4.79 Å². The predicted molar refractivity (Wildman–Crippen MR) is 53.9 cm³/mol. The van der Waals surface area contributed by atoms with E-state index in [1.165, 1.54) is 0 Å². The number of carbonyl (C=O) groups excluding carboxylic acids is 2. The summed E-state index contributed by atoms with van der Waals surface area (Å²) in [4.78, 5) is 23.6. The number of aliphatic hydroxyl groups is 1. The van der Waals surface area contributed by atoms with Crippen molar-refractivity contribution in [2.45, 2.75) is 19.5 Å². The van der Waals surface area contributed by atoms with Gasteiger partial charge in [-0.25, -0.2) is 4.79 Å². The third-order valence-corrected chi connectivity index (χ3v) is 2.37. The smallest absolute Gasteiger partial charge is 0.449 e. The van der Waals surface area contributed by atoms with Crippen molar-refractivity contribution in [3.05, 3.63) is 11.3 Å². The average Bonchev–Trinajstić information content (AvgIpc) is 2.27. The SMILES string of the molecule is CCOC(=O)N1CCC(=O)C(=C(O)C(F)(F)F)C1. The van der Waals surface area contributed by atoms with Gasteiger partial charge in [0.05, 0.1) is 18.7 Å². The van der Waals surface area contributed by atoms with Gasteiger partial charge in [-0.15, -0.1) is 0 Å². The van der Waals surface area contributed by atoms with Crippen LogP contribution in [-0.2, 0) is 9.53 Å². The molecule has 1 rings (SSSR count). The van der Waals surface area contributed by atoms with Crippen LogP contribution in [0.15, 0.2) is 11.3 Å². The first-order valence-electron chi connectivity index (χ1n) is 5.21. The lowest BCUT2D eigenvalue weighted by atomic mass is 10.0. The third-order valence-electron chi connectivity index (χ3n) is 2.37. The van der Waals surface area contributed by atoms with Crippen LogP contribution in [0.1, 0.15) is 13.3 Å². The van der Waals surface area contributed by atoms with Crippen molar-refractivity contribution in [2.75, 3.05) is 19.7 Å². The summed E-state index contributed by atoms with van der Waals surface area (Å²) in [6, 6.07) is 0. The minimum Gasteiger partial charge on any atom is -0.504 e. The monoisotopic (exact) mass is 267 g/mol. The molecule has 1 saturated heterocycles. The molecule has 18 heavy (non-hydrogen) atoms. The van der Waals surface area contributed by atoms with Crippen molar-refractivity contribution in [1.29, 1.82) is 0 Å². The number of piperidine rings is 1. The first kappa shape index (κ1) is 14.3. The molecule has 0 atom stereocenters. The maximum Gasteiger partial charge on any atom is 0.449 e. The number of halogens is 3. The number of aliphatic hydroxyl groups excluding tert-OH is 1. The Morgan fingerprint density at radius 1 is 1.50 bits per heavy atom. The van der Waals surface area contributed by atoms with Crippen molar-refractivity contribution >= 4 is 11.9 Å². The number of alkyl halides is 3. The topological polar surface area (TPSA) is 66.8 Å². The number of amides is 1. The number of Topliss-reactive ketones (excluding diaryl/α,β-unsaturated/α-hetero) is 1. The van der Waals surface area contributed by atoms with E-state index in [2.05, 4.69) is 4.74 Å². The van der Waals surface area contributed by atoms with Gasteiger partial charge >= 0.3 is 12.3 Å². The van der Waals surface area contributed by atoms with Gasteiger partial charge in [-0.2, -0.15) is 13.2 Å². The van der Waals surface area contributed by atoms with Crippen LogP contribution in [0.5, 0.6) is 0 Å². The summed E-state index contributed by atoms with van der Waals surface area (Å²) in [5.74, 6) is -2.76. The molecule has 0 aromatic rings. The standard InChI is InChI=1S/C10H12F3NO4/c1-2-18-9(17)14-4-3-7(15)6(5-14)8(16)10(11,12)13/h16H,2-5H2,1H3. The van der Waals surface area contributed by atoms with E-state index in [9.17, 15) is 22.8 Å². The molecule has 0 spiro atoms. The Hall–Kier alpha value is -1.73. The number of hydrogen-bond donors (Lipinski definition) is 1. The highest BCUT2D eigenvalue weighted by molar-refractivity contribution is 5.98. The van der Waals surface area contributed by atoms with Crippen LogP contribution in [0, 0.1) is 0 Å². The average molecular weight is 267 g/mol. The Labute approximate surface area is 101 Å². The molecule has 0 aliphatic carbocycles. The molecule has 0 radical (unpaired) electrons. The highest BCUT2D eigenvalue weighted by Crippen LogP contribution is 2.28. The summed E-state index contributed by atoms with van der Waals surface area (Å²) in [6.45, 7) is 1.01. The maximum atomic E-state index is 12.3. The quantitative estimate of drug-likeness (QED) is 0.581. The molecule has 0 aromatic heterocycles. The van der Waals surface area contributed by atoms with Crippen molar-refractivity contribution < 1.29 is 32.6 Å². The van der Waals surface area contributed by atoms with E-state index >= 15 is 0 Å². The lowest BCUT2D eigenvalue weighted by Crippen LogP contribution is -2.41. The Balaban J connectivity index is 2.92. The van der Waals surface area contributed by atoms with Crippen molar-refractivity contribution in [2.24, 2.45) is 0 Å². The number of hydrogen-bond acceptors (Lipinski definition) is 4. The van der Waals surface area contributed by atoms with Crippen molar-refractivity contribution in [3.8, 4) is 0 Å². The zero-order valence-corrected chi connectivity index (χ0v) is 9.58. The number of ketones is 1. The van der Waals surface area contributed by atoms with E-state index in [0.717, 1.165) is 4.90 Å². The molecule has 1 amide bonds. The van der Waals surface area contributed by atoms with Gasteiger partial charge < -0.3 is 14.7 Å². The van der Waals surface area contributed by atoms with Gasteiger partial charge in [0.25, 0.3) is 0 Å². The van der Waals surface area contributed by atoms with E-state index in [0.29, 0.717) is 0 Å². The zero-order chi connectivity index (χ0) is 13.9. The Bertz CT molecular complexity index is 389. The second kappa shape index (κ2) is 5.28. The van der Waals surface area contributed by atoms with Crippen molar-refractivity contribution in [3.63, 3.8) is 0 Å². The van der Waals surface area contributed by atoms with E-state index in [-0.39, 0.29) is 19.6 Å². The van der Waals surface area contributed by atoms with Crippen LogP contribution in [0.25, 0.3) is 0 Å². The first-order chi connectivity index (χ1) is 8.27. The number of rotatable bonds is 1. The predicted octanol–water partition coefficient (Wildman–Crippen LogP) is 1.79. The summed E-state index contributed by atoms with van der Waals surface area (Å²) < 4.78 is 41.5. The minimum absolute atomic E-state index is 0.0215. The molecule has 5 nitrogen and oxygen atoms in total. The fourth-order valence-corrected chi connectivity index (χ4v) is 1.49. The molecule has 1 N–H and O–H groups in total. The molecular weight excluding hydrogens is 255 g/mol. The van der Waals surface area contributed by atoms with Crippen LogP contribution in [0.2, 0.25) is 0 Å². The maximum absolute atomic E-state index is 12.3. The largest absolute Gasteiger partial charge is 0.504 e. The highest BCUT2D eigenvalue weighted by Gasteiger charge is 2.40. The van der Waals surface area contributed by atoms with E-state index in [1.54, 1.807) is 6.92 Å². The van der Waals surface area contributed by atoms with E-state index < -0.39 is 35.9 Å². The minimum atomic E-state index is -5.00. The number of likely N-dealkylation sites (tertiary alicyclic amines) is 1. The fraction of sp³-hybridized carbons (Fsp3) is 0.600. The van der Waals surface area contributed by atoms with Gasteiger partial charge in [0.2, 0.25) is 5.76 Å². The number of allylic oxidation sites excluding steroid dienone is 1. The van der Waals surface area contributed by atoms with E-state index in [4.69, 9.17) is 5.11 Å². The second-order valence-corrected chi connectivity index (χ2v) is 3.62. The van der Waals surface area contributed by atoms with Gasteiger partial charge in [-0.1, -0.05) is 0 Å². The summed E-state index contributed by atoms with van der Waals surface area (Å²) >= 11 is 0. The summed E-state index contributed by atoms with van der Waals surface area (Å²) in [7, 11) is 0. The molecular formula is C10H12F3NO4. The lowest BCUT2D eigenvalue weighted by Gasteiger charge is -2.27. The highest BCUT2D eigenvalue weighted by atomic mass is 19.4. The summed E-state index contributed by atoms with van der Waals surface area (Å²) in [5, 5.41) is 8.97. The Morgan fingerprint density at radius 3 is 2.61 bits per heavy atom. The summed E-state index contributed by atoms with van der Waals surface area (Å²) in [6.07, 6.45) is -6.07. The molecule has 0 saturated carbocycles. The zero-order valence-electron chi connectivity index (χ0n) is 9.58. The lowest BCUT2D eigenvalue weighted by molar-refractivity contribution is -0.128. The summed E-state index contributed by atoms with van der Waals surface area (Å²) in [5.41, 5.74) is -0.804. The van der Waals surface area contributed by atoms with Gasteiger partial charge in [0, 0.05) is 13.0 Å². The molecule has 8 heteroatoms. The molecule has 0 unspecified atom stereocenters. The molecule has 102 valence electrons. The van der Waals surface area contributed by atoms with Crippen LogP contribution in [-0.4, -0.2) is 47.8 Å². The van der Waals surface area contributed by atoms with Gasteiger partial charge in [-0.05, 0) is 6.92 Å². The molecule has 0 bridgehead atoms. The van der Waals surface area contributed by atoms with Crippen molar-refractivity contribution in [1.82, 2.24) is 4.90 Å². The van der Waals surface area contributed by atoms with Gasteiger partial charge in [0.1, 0.15) is 0 Å². The number of ether oxygens (including phenoxy) is 1. The van der Waals surface area contributed by atoms with Crippen LogP contribution in [0.3, 0.4) is 0 Å². The molecule has 1 aliphatic heterocycles. The Kier molecular flexibility index (Phi) is 4.20. The van der Waals surface area contributed by atoms with Crippen LogP contribution in [0.4, 0.5) is 18.0 Å². The molecule has 1 fully saturated rings. The fourth-order valence-electron chi connectivity index (χ4n) is 1.49. The number of nitrogens with zero attached hydrogens (tertiary/aromatic N) is 1. The third kappa shape index (κ3) is 3.14. The van der Waals surface area contributed by atoms with Crippen LogP contribution >= 0.6 is 0 Å². The first-order valence-corrected chi connectivity index (χ1v) is 5.21. The Morgan fingerprint density at radius 2 is 2.11 bits per heavy atom. The molecule has 1 aliphatic rings. The van der Waals surface area contributed by atoms with Crippen LogP contribution < -0.4 is 0 Å². The molecule has 1 heterocycles. The normalized spacial score (nSPS) is 19.8. The van der Waals surface area contributed by atoms with E-state index in [1.807, 2.05) is 0 Å². The van der Waals surface area contributed by atoms with Gasteiger partial charge in [0.15, 0.2) is 5.78 Å². The number of carbonyl (C=O) groups is 2. The molecule has 0 aromatic carbocycles.